The van der Waals surface area contributed by atoms with Crippen molar-refractivity contribution in [2.45, 2.75) is 11.9 Å². The molecule has 0 bridgehead atoms. The van der Waals surface area contributed by atoms with Crippen LogP contribution in [0.5, 0.6) is 17.2 Å². The zero-order chi connectivity index (χ0) is 17.8. The van der Waals surface area contributed by atoms with E-state index in [0.717, 1.165) is 16.9 Å². The highest BCUT2D eigenvalue weighted by molar-refractivity contribution is 8.00. The summed E-state index contributed by atoms with van der Waals surface area (Å²) >= 11 is 1.61. The number of carbonyl (C=O) groups excluding carboxylic acids is 1. The minimum absolute atomic E-state index is 0.0687. The van der Waals surface area contributed by atoms with Crippen LogP contribution in [0.3, 0.4) is 0 Å². The SMILES string of the molecule is COc1cc(CN2C(=O)CSC2c2ccccc2OC)cc(OC)c1. The molecule has 1 heterocycles. The van der Waals surface area contributed by atoms with Gasteiger partial charge in [-0.3, -0.25) is 4.79 Å². The van der Waals surface area contributed by atoms with Crippen LogP contribution in [-0.4, -0.2) is 37.9 Å². The molecule has 1 amide bonds. The summed E-state index contributed by atoms with van der Waals surface area (Å²) in [6, 6.07) is 13.5. The topological polar surface area (TPSA) is 48.0 Å². The molecule has 0 saturated carbocycles. The van der Waals surface area contributed by atoms with Crippen LogP contribution in [-0.2, 0) is 11.3 Å². The molecule has 5 nitrogen and oxygen atoms in total. The second-order valence-electron chi connectivity index (χ2n) is 5.65. The molecule has 1 atom stereocenters. The molecule has 1 saturated heterocycles. The summed E-state index contributed by atoms with van der Waals surface area (Å²) in [5.74, 6) is 2.79. The number of carbonyl (C=O) groups is 1. The van der Waals surface area contributed by atoms with E-state index in [1.807, 2.05) is 47.4 Å². The molecule has 2 aromatic rings. The normalized spacial score (nSPS) is 16.8. The van der Waals surface area contributed by atoms with Gasteiger partial charge in [0.15, 0.2) is 0 Å². The average molecular weight is 359 g/mol. The van der Waals surface area contributed by atoms with Gasteiger partial charge in [0.25, 0.3) is 0 Å². The third kappa shape index (κ3) is 3.69. The fraction of sp³-hybridized carbons (Fsp3) is 0.316. The number of hydrogen-bond donors (Lipinski definition) is 0. The van der Waals surface area contributed by atoms with E-state index in [9.17, 15) is 4.79 Å². The number of rotatable bonds is 6. The second kappa shape index (κ2) is 7.70. The molecule has 0 radical (unpaired) electrons. The first-order chi connectivity index (χ1) is 12.2. The van der Waals surface area contributed by atoms with Gasteiger partial charge in [0.1, 0.15) is 22.6 Å². The Labute approximate surface area is 151 Å². The number of methoxy groups -OCH3 is 3. The van der Waals surface area contributed by atoms with Gasteiger partial charge in [-0.15, -0.1) is 11.8 Å². The van der Waals surface area contributed by atoms with Crippen LogP contribution in [0, 0.1) is 0 Å². The molecule has 1 unspecified atom stereocenters. The van der Waals surface area contributed by atoms with E-state index in [1.54, 1.807) is 33.1 Å². The van der Waals surface area contributed by atoms with E-state index in [0.29, 0.717) is 23.8 Å². The molecule has 1 aliphatic rings. The van der Waals surface area contributed by atoms with E-state index < -0.39 is 0 Å². The van der Waals surface area contributed by atoms with Crippen molar-refractivity contribution in [3.05, 3.63) is 53.6 Å². The molecule has 3 rings (SSSR count). The minimum atomic E-state index is -0.0687. The lowest BCUT2D eigenvalue weighted by Gasteiger charge is -2.26. The number of hydrogen-bond acceptors (Lipinski definition) is 5. The molecular weight excluding hydrogens is 338 g/mol. The Morgan fingerprint density at radius 2 is 1.72 bits per heavy atom. The maximum atomic E-state index is 12.5. The molecule has 2 aromatic carbocycles. The third-order valence-electron chi connectivity index (χ3n) is 4.14. The highest BCUT2D eigenvalue weighted by Gasteiger charge is 2.34. The monoisotopic (exact) mass is 359 g/mol. The lowest BCUT2D eigenvalue weighted by molar-refractivity contribution is -0.128. The van der Waals surface area contributed by atoms with Crippen molar-refractivity contribution in [2.75, 3.05) is 27.1 Å². The first-order valence-electron chi connectivity index (χ1n) is 7.92. The Hall–Kier alpha value is -2.34. The van der Waals surface area contributed by atoms with Gasteiger partial charge in [0.2, 0.25) is 5.91 Å². The van der Waals surface area contributed by atoms with E-state index in [-0.39, 0.29) is 11.3 Å². The smallest absolute Gasteiger partial charge is 0.234 e. The summed E-state index contributed by atoms with van der Waals surface area (Å²) in [6.45, 7) is 0.488. The number of para-hydroxylation sites is 1. The van der Waals surface area contributed by atoms with Gasteiger partial charge in [0.05, 0.1) is 27.1 Å². The van der Waals surface area contributed by atoms with Crippen LogP contribution in [0.4, 0.5) is 0 Å². The van der Waals surface area contributed by atoms with Crippen LogP contribution in [0.2, 0.25) is 0 Å². The van der Waals surface area contributed by atoms with Crippen molar-refractivity contribution in [3.63, 3.8) is 0 Å². The second-order valence-corrected chi connectivity index (χ2v) is 6.72. The lowest BCUT2D eigenvalue weighted by atomic mass is 10.1. The van der Waals surface area contributed by atoms with Crippen LogP contribution in [0.1, 0.15) is 16.5 Å². The van der Waals surface area contributed by atoms with E-state index >= 15 is 0 Å². The Morgan fingerprint density at radius 1 is 1.04 bits per heavy atom. The molecule has 25 heavy (non-hydrogen) atoms. The van der Waals surface area contributed by atoms with Crippen molar-refractivity contribution in [3.8, 4) is 17.2 Å². The van der Waals surface area contributed by atoms with Crippen molar-refractivity contribution in [2.24, 2.45) is 0 Å². The minimum Gasteiger partial charge on any atom is -0.497 e. The number of benzene rings is 2. The standard InChI is InChI=1S/C19H21NO4S/c1-22-14-8-13(9-15(10-14)23-2)11-20-18(21)12-25-19(20)16-6-4-5-7-17(16)24-3/h4-10,19H,11-12H2,1-3H3. The summed E-state index contributed by atoms with van der Waals surface area (Å²) < 4.78 is 16.1. The molecular formula is C19H21NO4S. The zero-order valence-electron chi connectivity index (χ0n) is 14.5. The summed E-state index contributed by atoms with van der Waals surface area (Å²) in [6.07, 6.45) is 0. The zero-order valence-corrected chi connectivity index (χ0v) is 15.3. The Morgan fingerprint density at radius 3 is 2.36 bits per heavy atom. The van der Waals surface area contributed by atoms with E-state index in [1.165, 1.54) is 0 Å². The van der Waals surface area contributed by atoms with Gasteiger partial charge in [-0.1, -0.05) is 18.2 Å². The highest BCUT2D eigenvalue weighted by Crippen LogP contribution is 2.43. The summed E-state index contributed by atoms with van der Waals surface area (Å²) in [5, 5.41) is -0.0687. The van der Waals surface area contributed by atoms with E-state index in [2.05, 4.69) is 0 Å². The summed E-state index contributed by atoms with van der Waals surface area (Å²) in [4.78, 5) is 14.3. The Kier molecular flexibility index (Phi) is 5.38. The summed E-state index contributed by atoms with van der Waals surface area (Å²) in [7, 11) is 4.89. The van der Waals surface area contributed by atoms with Crippen LogP contribution < -0.4 is 14.2 Å². The Balaban J connectivity index is 1.91. The largest absolute Gasteiger partial charge is 0.497 e. The lowest BCUT2D eigenvalue weighted by Crippen LogP contribution is -2.27. The molecule has 0 aromatic heterocycles. The molecule has 0 N–H and O–H groups in total. The predicted octanol–water partition coefficient (Wildman–Crippen LogP) is 3.49. The van der Waals surface area contributed by atoms with Crippen LogP contribution >= 0.6 is 11.8 Å². The summed E-state index contributed by atoms with van der Waals surface area (Å²) in [5.41, 5.74) is 1.97. The molecule has 132 valence electrons. The number of ether oxygens (including phenoxy) is 3. The maximum Gasteiger partial charge on any atom is 0.234 e. The average Bonchev–Trinajstić information content (AvgIpc) is 3.01. The number of nitrogens with zero attached hydrogens (tertiary/aromatic N) is 1. The molecule has 1 fully saturated rings. The third-order valence-corrected chi connectivity index (χ3v) is 5.37. The molecule has 0 aliphatic carbocycles. The quantitative estimate of drug-likeness (QED) is 0.790. The predicted molar refractivity (Wildman–Crippen MR) is 98.3 cm³/mol. The fourth-order valence-corrected chi connectivity index (χ4v) is 4.12. The van der Waals surface area contributed by atoms with Crippen molar-refractivity contribution >= 4 is 17.7 Å². The highest BCUT2D eigenvalue weighted by atomic mass is 32.2. The van der Waals surface area contributed by atoms with Gasteiger partial charge in [-0.25, -0.2) is 0 Å². The van der Waals surface area contributed by atoms with Gasteiger partial charge < -0.3 is 19.1 Å². The van der Waals surface area contributed by atoms with Crippen molar-refractivity contribution in [1.29, 1.82) is 0 Å². The first-order valence-corrected chi connectivity index (χ1v) is 8.97. The van der Waals surface area contributed by atoms with Crippen molar-refractivity contribution in [1.82, 2.24) is 4.90 Å². The molecule has 6 heteroatoms. The maximum absolute atomic E-state index is 12.5. The van der Waals surface area contributed by atoms with Crippen LogP contribution in [0.25, 0.3) is 0 Å². The number of amides is 1. The first kappa shape index (κ1) is 17.5. The van der Waals surface area contributed by atoms with Crippen LogP contribution in [0.15, 0.2) is 42.5 Å². The molecule has 1 aliphatic heterocycles. The fourth-order valence-electron chi connectivity index (χ4n) is 2.91. The van der Waals surface area contributed by atoms with Gasteiger partial charge in [-0.05, 0) is 23.8 Å². The van der Waals surface area contributed by atoms with Gasteiger partial charge >= 0.3 is 0 Å². The molecule has 0 spiro atoms. The van der Waals surface area contributed by atoms with Crippen molar-refractivity contribution < 1.29 is 19.0 Å². The Bertz CT molecular complexity index is 743. The number of thioether (sulfide) groups is 1. The van der Waals surface area contributed by atoms with Gasteiger partial charge in [0, 0.05) is 18.2 Å². The van der Waals surface area contributed by atoms with E-state index in [4.69, 9.17) is 14.2 Å². The van der Waals surface area contributed by atoms with Gasteiger partial charge in [-0.2, -0.15) is 0 Å².